The highest BCUT2D eigenvalue weighted by Gasteiger charge is 2.32. The van der Waals surface area contributed by atoms with Crippen molar-refractivity contribution in [2.45, 2.75) is 6.42 Å². The second-order valence-corrected chi connectivity index (χ2v) is 4.29. The number of anilines is 1. The van der Waals surface area contributed by atoms with Crippen molar-refractivity contribution < 1.29 is 14.3 Å². The Kier molecular flexibility index (Phi) is 3.86. The van der Waals surface area contributed by atoms with E-state index in [2.05, 4.69) is 9.97 Å². The first-order valence-electron chi connectivity index (χ1n) is 5.51. The number of ether oxygens (including phenoxy) is 2. The van der Waals surface area contributed by atoms with Crippen LogP contribution in [0.4, 0.5) is 5.95 Å². The first-order valence-corrected chi connectivity index (χ1v) is 6.04. The molecule has 0 aromatic carbocycles. The fraction of sp³-hybridized carbons (Fsp3) is 0.545. The van der Waals surface area contributed by atoms with E-state index in [0.717, 1.165) is 0 Å². The van der Waals surface area contributed by atoms with Gasteiger partial charge in [-0.1, -0.05) is 0 Å². The van der Waals surface area contributed by atoms with Gasteiger partial charge in [-0.15, -0.1) is 11.6 Å². The van der Waals surface area contributed by atoms with E-state index in [1.807, 2.05) is 0 Å². The lowest BCUT2D eigenvalue weighted by Gasteiger charge is -2.15. The van der Waals surface area contributed by atoms with Crippen molar-refractivity contribution in [1.29, 1.82) is 0 Å². The van der Waals surface area contributed by atoms with E-state index >= 15 is 0 Å². The molecule has 1 aromatic heterocycles. The van der Waals surface area contributed by atoms with Crippen molar-refractivity contribution in [1.82, 2.24) is 9.97 Å². The molecule has 0 saturated carbocycles. The Balaban J connectivity index is 2.30. The molecule has 2 heterocycles. The molecule has 1 amide bonds. The minimum Gasteiger partial charge on any atom is -0.481 e. The summed E-state index contributed by atoms with van der Waals surface area (Å²) in [5.41, 5.74) is 0. The van der Waals surface area contributed by atoms with Crippen molar-refractivity contribution in [3.05, 3.63) is 6.07 Å². The fourth-order valence-corrected chi connectivity index (χ4v) is 2.01. The first-order chi connectivity index (χ1) is 8.67. The van der Waals surface area contributed by atoms with Gasteiger partial charge in [0.25, 0.3) is 0 Å². The third-order valence-electron chi connectivity index (χ3n) is 2.75. The molecular weight excluding hydrogens is 258 g/mol. The van der Waals surface area contributed by atoms with Crippen molar-refractivity contribution in [3.63, 3.8) is 0 Å². The number of hydrogen-bond donors (Lipinski definition) is 0. The van der Waals surface area contributed by atoms with Gasteiger partial charge in [-0.25, -0.2) is 0 Å². The van der Waals surface area contributed by atoms with Crippen LogP contribution >= 0.6 is 11.6 Å². The Morgan fingerprint density at radius 2 is 2.00 bits per heavy atom. The molecule has 6 nitrogen and oxygen atoms in total. The molecule has 0 aliphatic carbocycles. The molecule has 1 aliphatic heterocycles. The number of nitrogens with zero attached hydrogens (tertiary/aromatic N) is 3. The molecule has 1 fully saturated rings. The van der Waals surface area contributed by atoms with Gasteiger partial charge in [0.2, 0.25) is 23.6 Å². The van der Waals surface area contributed by atoms with Crippen LogP contribution in [-0.2, 0) is 4.79 Å². The molecule has 1 atom stereocenters. The molecule has 1 aliphatic rings. The van der Waals surface area contributed by atoms with Crippen LogP contribution in [0.3, 0.4) is 0 Å². The van der Waals surface area contributed by atoms with Gasteiger partial charge in [0.15, 0.2) is 0 Å². The van der Waals surface area contributed by atoms with Gasteiger partial charge in [0.05, 0.1) is 20.3 Å². The maximum atomic E-state index is 11.8. The predicted molar refractivity (Wildman–Crippen MR) is 66.3 cm³/mol. The Bertz CT molecular complexity index is 433. The second-order valence-electron chi connectivity index (χ2n) is 3.98. The van der Waals surface area contributed by atoms with Crippen LogP contribution < -0.4 is 14.4 Å². The highest BCUT2D eigenvalue weighted by atomic mass is 35.5. The zero-order valence-corrected chi connectivity index (χ0v) is 11.0. The lowest BCUT2D eigenvalue weighted by molar-refractivity contribution is -0.117. The van der Waals surface area contributed by atoms with Crippen LogP contribution in [0.2, 0.25) is 0 Å². The SMILES string of the molecule is COc1cc(OC)nc(N2CC(CCl)CC2=O)n1. The van der Waals surface area contributed by atoms with E-state index < -0.39 is 0 Å². The van der Waals surface area contributed by atoms with Gasteiger partial charge in [-0.3, -0.25) is 9.69 Å². The number of carbonyl (C=O) groups excluding carboxylic acids is 1. The number of carbonyl (C=O) groups is 1. The molecule has 7 heteroatoms. The van der Waals surface area contributed by atoms with Crippen molar-refractivity contribution in [2.24, 2.45) is 5.92 Å². The third kappa shape index (κ3) is 2.48. The summed E-state index contributed by atoms with van der Waals surface area (Å²) < 4.78 is 10.1. The Morgan fingerprint density at radius 1 is 1.39 bits per heavy atom. The van der Waals surface area contributed by atoms with Crippen LogP contribution in [0, 0.1) is 5.92 Å². The number of hydrogen-bond acceptors (Lipinski definition) is 5. The highest BCUT2D eigenvalue weighted by molar-refractivity contribution is 6.18. The van der Waals surface area contributed by atoms with Gasteiger partial charge >= 0.3 is 0 Å². The first kappa shape index (κ1) is 12.9. The lowest BCUT2D eigenvalue weighted by Crippen LogP contribution is -2.27. The minimum absolute atomic E-state index is 0.0315. The molecule has 1 aromatic rings. The molecule has 1 saturated heterocycles. The topological polar surface area (TPSA) is 64.6 Å². The van der Waals surface area contributed by atoms with Gasteiger partial charge in [-0.2, -0.15) is 9.97 Å². The van der Waals surface area contributed by atoms with E-state index in [0.29, 0.717) is 36.6 Å². The van der Waals surface area contributed by atoms with Crippen LogP contribution in [0.25, 0.3) is 0 Å². The average Bonchev–Trinajstić information content (AvgIpc) is 2.79. The largest absolute Gasteiger partial charge is 0.481 e. The number of amides is 1. The number of halogens is 1. The van der Waals surface area contributed by atoms with E-state index in [9.17, 15) is 4.79 Å². The molecule has 0 bridgehead atoms. The van der Waals surface area contributed by atoms with Crippen molar-refractivity contribution in [3.8, 4) is 11.8 Å². The van der Waals surface area contributed by atoms with E-state index in [-0.39, 0.29) is 11.8 Å². The minimum atomic E-state index is -0.0315. The molecule has 18 heavy (non-hydrogen) atoms. The Hall–Kier alpha value is -1.56. The van der Waals surface area contributed by atoms with Gasteiger partial charge in [0.1, 0.15) is 0 Å². The molecule has 0 radical (unpaired) electrons. The molecule has 0 spiro atoms. The Morgan fingerprint density at radius 3 is 2.44 bits per heavy atom. The fourth-order valence-electron chi connectivity index (χ4n) is 1.80. The zero-order chi connectivity index (χ0) is 13.1. The molecule has 0 N–H and O–H groups in total. The quantitative estimate of drug-likeness (QED) is 0.767. The maximum absolute atomic E-state index is 11.8. The molecule has 1 unspecified atom stereocenters. The summed E-state index contributed by atoms with van der Waals surface area (Å²) in [6.07, 6.45) is 0.423. The number of rotatable bonds is 4. The summed E-state index contributed by atoms with van der Waals surface area (Å²) in [6.45, 7) is 0.526. The van der Waals surface area contributed by atoms with Crippen LogP contribution in [-0.4, -0.2) is 42.5 Å². The zero-order valence-electron chi connectivity index (χ0n) is 10.2. The normalized spacial score (nSPS) is 19.2. The Labute approximate surface area is 110 Å². The number of alkyl halides is 1. The van der Waals surface area contributed by atoms with E-state index in [1.54, 1.807) is 6.07 Å². The van der Waals surface area contributed by atoms with Gasteiger partial charge < -0.3 is 9.47 Å². The number of methoxy groups -OCH3 is 2. The summed E-state index contributed by atoms with van der Waals surface area (Å²) in [5.74, 6) is 1.57. The highest BCUT2D eigenvalue weighted by Crippen LogP contribution is 2.26. The van der Waals surface area contributed by atoms with Crippen LogP contribution in [0.15, 0.2) is 6.07 Å². The third-order valence-corrected chi connectivity index (χ3v) is 3.19. The predicted octanol–water partition coefficient (Wildman–Crippen LogP) is 1.09. The smallest absolute Gasteiger partial charge is 0.238 e. The van der Waals surface area contributed by atoms with E-state index in [1.165, 1.54) is 19.1 Å². The standard InChI is InChI=1S/C11H14ClN3O3/c1-17-8-4-9(18-2)14-11(13-8)15-6-7(5-12)3-10(15)16/h4,7H,3,5-6H2,1-2H3. The lowest BCUT2D eigenvalue weighted by atomic mass is 10.2. The summed E-state index contributed by atoms with van der Waals surface area (Å²) in [4.78, 5) is 21.7. The van der Waals surface area contributed by atoms with Gasteiger partial charge in [0, 0.05) is 18.8 Å². The average molecular weight is 272 g/mol. The van der Waals surface area contributed by atoms with Gasteiger partial charge in [-0.05, 0) is 5.92 Å². The summed E-state index contributed by atoms with van der Waals surface area (Å²) in [5, 5.41) is 0. The summed E-state index contributed by atoms with van der Waals surface area (Å²) >= 11 is 5.77. The molecular formula is C11H14ClN3O3. The summed E-state index contributed by atoms with van der Waals surface area (Å²) in [6, 6.07) is 1.56. The summed E-state index contributed by atoms with van der Waals surface area (Å²) in [7, 11) is 3.00. The number of aromatic nitrogens is 2. The van der Waals surface area contributed by atoms with Crippen LogP contribution in [0.1, 0.15) is 6.42 Å². The molecule has 2 rings (SSSR count). The van der Waals surface area contributed by atoms with E-state index in [4.69, 9.17) is 21.1 Å². The van der Waals surface area contributed by atoms with Crippen molar-refractivity contribution >= 4 is 23.5 Å². The van der Waals surface area contributed by atoms with Crippen molar-refractivity contribution in [2.75, 3.05) is 31.5 Å². The maximum Gasteiger partial charge on any atom is 0.238 e. The van der Waals surface area contributed by atoms with Crippen LogP contribution in [0.5, 0.6) is 11.8 Å². The second kappa shape index (κ2) is 5.39. The molecule has 98 valence electrons. The monoisotopic (exact) mass is 271 g/mol.